The molecule has 3 aromatic heterocycles. The number of furan rings is 2. The Bertz CT molecular complexity index is 1790. The molecule has 0 aromatic carbocycles. The number of aliphatic hydroxyl groups is 1. The Morgan fingerprint density at radius 3 is 2.00 bits per heavy atom. The number of nitrogens with zero attached hydrogens (tertiary/aromatic N) is 1. The van der Waals surface area contributed by atoms with Crippen LogP contribution in [0.15, 0.2) is 69.1 Å². The number of pyridine rings is 1. The molecule has 4 heterocycles. The minimum absolute atomic E-state index is 0.0123. The fourth-order valence-electron chi connectivity index (χ4n) is 8.09. The predicted octanol–water partition coefficient (Wildman–Crippen LogP) is 3.21. The summed E-state index contributed by atoms with van der Waals surface area (Å²) in [6, 6.07) is 5.31. The average molecular weight is 668 g/mol. The quantitative estimate of drug-likeness (QED) is 0.287. The lowest BCUT2D eigenvalue weighted by molar-refractivity contribution is -0.334. The molecule has 48 heavy (non-hydrogen) atoms. The third kappa shape index (κ3) is 4.96. The van der Waals surface area contributed by atoms with Gasteiger partial charge < -0.3 is 42.2 Å². The second-order valence-electron chi connectivity index (χ2n) is 13.6. The van der Waals surface area contributed by atoms with E-state index in [1.807, 2.05) is 0 Å². The van der Waals surface area contributed by atoms with Gasteiger partial charge in [-0.05, 0) is 58.7 Å². The molecule has 14 heteroatoms. The maximum atomic E-state index is 13.9. The molecule has 3 fully saturated rings. The normalized spacial score (nSPS) is 33.3. The molecule has 3 aliphatic rings. The molecule has 2 aliphatic carbocycles. The van der Waals surface area contributed by atoms with Crippen molar-refractivity contribution < 1.29 is 56.8 Å². The maximum absolute atomic E-state index is 13.9. The lowest BCUT2D eigenvalue weighted by atomic mass is 9.47. The smallest absolute Gasteiger partial charge is 0.341 e. The lowest BCUT2D eigenvalue weighted by Gasteiger charge is -2.65. The largest absolute Gasteiger partial charge is 0.472 e. The van der Waals surface area contributed by atoms with Gasteiger partial charge in [0.1, 0.15) is 36.4 Å². The SMILES string of the molecule is CC(=O)O[C@H]1[C@H]2[C@H](OC(=O)c3ccc(=O)n(C)c3)[C@@H](OC(=O)c3ccoc3)[C@]3(C)[C@@H](OC(=O)c4ccoc4)CC[C@@](C)(O)[C@@]13OC2(C)C. The molecule has 2 saturated carbocycles. The van der Waals surface area contributed by atoms with Crippen LogP contribution in [0.4, 0.5) is 0 Å². The number of carbonyl (C=O) groups is 4. The van der Waals surface area contributed by atoms with Crippen LogP contribution in [0.1, 0.15) is 78.5 Å². The number of ether oxygens (including phenoxy) is 5. The second kappa shape index (κ2) is 11.5. The van der Waals surface area contributed by atoms with E-state index in [0.29, 0.717) is 0 Å². The second-order valence-corrected chi connectivity index (χ2v) is 13.6. The third-order valence-corrected chi connectivity index (χ3v) is 10.2. The number of rotatable bonds is 7. The van der Waals surface area contributed by atoms with E-state index in [0.717, 1.165) is 0 Å². The van der Waals surface area contributed by atoms with Gasteiger partial charge in [-0.2, -0.15) is 0 Å². The lowest BCUT2D eigenvalue weighted by Crippen LogP contribution is -2.81. The molecule has 0 radical (unpaired) electrons. The molecule has 256 valence electrons. The molecule has 8 atom stereocenters. The first kappa shape index (κ1) is 33.2. The van der Waals surface area contributed by atoms with Crippen molar-refractivity contribution in [2.24, 2.45) is 18.4 Å². The Morgan fingerprint density at radius 1 is 0.833 bits per heavy atom. The van der Waals surface area contributed by atoms with E-state index < -0.39 is 76.4 Å². The molecule has 14 nitrogen and oxygen atoms in total. The molecule has 0 unspecified atom stereocenters. The third-order valence-electron chi connectivity index (χ3n) is 10.2. The summed E-state index contributed by atoms with van der Waals surface area (Å²) in [5.74, 6) is -4.24. The number of aromatic nitrogens is 1. The predicted molar refractivity (Wildman–Crippen MR) is 162 cm³/mol. The van der Waals surface area contributed by atoms with Crippen LogP contribution in [0.2, 0.25) is 0 Å². The van der Waals surface area contributed by atoms with E-state index in [1.54, 1.807) is 20.8 Å². The topological polar surface area (TPSA) is 183 Å². The number of aryl methyl sites for hydroxylation is 1. The van der Waals surface area contributed by atoms with E-state index in [-0.39, 0.29) is 35.1 Å². The highest BCUT2D eigenvalue weighted by molar-refractivity contribution is 5.90. The zero-order chi connectivity index (χ0) is 34.8. The summed E-state index contributed by atoms with van der Waals surface area (Å²) in [6.07, 6.45) is 1.03. The summed E-state index contributed by atoms with van der Waals surface area (Å²) in [7, 11) is 1.47. The van der Waals surface area contributed by atoms with Gasteiger partial charge in [0.2, 0.25) is 5.56 Å². The summed E-state index contributed by atoms with van der Waals surface area (Å²) in [5, 5.41) is 12.3. The number of hydrogen-bond donors (Lipinski definition) is 1. The number of hydrogen-bond acceptors (Lipinski definition) is 13. The Balaban J connectivity index is 1.57. The fourth-order valence-corrected chi connectivity index (χ4v) is 8.09. The van der Waals surface area contributed by atoms with Crippen LogP contribution in [0, 0.1) is 11.3 Å². The van der Waals surface area contributed by atoms with Gasteiger partial charge in [-0.3, -0.25) is 9.59 Å². The van der Waals surface area contributed by atoms with Gasteiger partial charge in [0.15, 0.2) is 6.10 Å². The molecule has 6 rings (SSSR count). The zero-order valence-corrected chi connectivity index (χ0v) is 27.3. The Morgan fingerprint density at radius 2 is 1.44 bits per heavy atom. The molecule has 1 N–H and O–H groups in total. The van der Waals surface area contributed by atoms with Crippen LogP contribution in [0.3, 0.4) is 0 Å². The van der Waals surface area contributed by atoms with Crippen LogP contribution >= 0.6 is 0 Å². The minimum atomic E-state index is -1.87. The Labute approximate surface area is 274 Å². The van der Waals surface area contributed by atoms with Gasteiger partial charge in [-0.1, -0.05) is 0 Å². The summed E-state index contributed by atoms with van der Waals surface area (Å²) in [6.45, 7) is 7.70. The van der Waals surface area contributed by atoms with Crippen molar-refractivity contribution >= 4 is 23.9 Å². The van der Waals surface area contributed by atoms with E-state index in [4.69, 9.17) is 32.5 Å². The zero-order valence-electron chi connectivity index (χ0n) is 27.3. The molecule has 1 aliphatic heterocycles. The standard InChI is InChI=1S/C34H37NO13/c1-18(36)44-26-24-25(46-28(38)19-7-8-23(37)35(6)15-19)27(47-30(40)21-11-14-43-17-21)33(5)22(45-29(39)20-10-13-42-16-20)9-12-32(4,41)34(26,33)48-31(24,2)3/h7-8,10-11,13-17,22,24-27,41H,9,12H2,1-6H3/t22-,24+,25-,26-,27+,32+,33-,34-/m0/s1. The molecular weight excluding hydrogens is 630 g/mol. The maximum Gasteiger partial charge on any atom is 0.341 e. The van der Waals surface area contributed by atoms with Crippen molar-refractivity contribution in [1.29, 1.82) is 0 Å². The molecule has 1 spiro atoms. The first-order valence-electron chi connectivity index (χ1n) is 15.5. The number of fused-ring (bicyclic) bond motifs is 1. The van der Waals surface area contributed by atoms with Crippen molar-refractivity contribution in [2.45, 2.75) is 88.7 Å². The van der Waals surface area contributed by atoms with Crippen molar-refractivity contribution in [3.8, 4) is 0 Å². The fraction of sp³-hybridized carbons (Fsp3) is 0.500. The van der Waals surface area contributed by atoms with Crippen LogP contribution in [-0.4, -0.2) is 74.8 Å². The first-order chi connectivity index (χ1) is 22.5. The summed E-state index contributed by atoms with van der Waals surface area (Å²) in [5.41, 5.74) is -6.88. The summed E-state index contributed by atoms with van der Waals surface area (Å²) < 4.78 is 42.9. The van der Waals surface area contributed by atoms with Crippen LogP contribution in [0.25, 0.3) is 0 Å². The van der Waals surface area contributed by atoms with E-state index in [9.17, 15) is 29.1 Å². The van der Waals surface area contributed by atoms with E-state index in [1.165, 1.54) is 81.0 Å². The average Bonchev–Trinajstić information content (AvgIpc) is 3.77. The first-order valence-corrected chi connectivity index (χ1v) is 15.5. The van der Waals surface area contributed by atoms with Crippen molar-refractivity contribution in [3.63, 3.8) is 0 Å². The van der Waals surface area contributed by atoms with Crippen LogP contribution in [-0.2, 0) is 35.5 Å². The van der Waals surface area contributed by atoms with Gasteiger partial charge in [0.25, 0.3) is 0 Å². The van der Waals surface area contributed by atoms with Crippen LogP contribution in [0.5, 0.6) is 0 Å². The number of carbonyl (C=O) groups excluding carboxylic acids is 4. The number of esters is 4. The van der Waals surface area contributed by atoms with E-state index >= 15 is 0 Å². The molecule has 0 amide bonds. The summed E-state index contributed by atoms with van der Waals surface area (Å²) in [4.78, 5) is 65.9. The van der Waals surface area contributed by atoms with Crippen molar-refractivity contribution in [2.75, 3.05) is 0 Å². The Kier molecular flexibility index (Phi) is 7.94. The summed E-state index contributed by atoms with van der Waals surface area (Å²) >= 11 is 0. The Hall–Kier alpha value is -4.69. The minimum Gasteiger partial charge on any atom is -0.472 e. The van der Waals surface area contributed by atoms with Gasteiger partial charge in [0, 0.05) is 26.2 Å². The highest BCUT2D eigenvalue weighted by Crippen LogP contribution is 2.69. The molecular formula is C34H37NO13. The van der Waals surface area contributed by atoms with Crippen molar-refractivity contribution in [3.05, 3.63) is 82.6 Å². The highest BCUT2D eigenvalue weighted by Gasteiger charge is 2.85. The molecule has 3 aromatic rings. The monoisotopic (exact) mass is 667 g/mol. The molecule has 2 bridgehead atoms. The van der Waals surface area contributed by atoms with Gasteiger partial charge in [-0.15, -0.1) is 0 Å². The van der Waals surface area contributed by atoms with E-state index in [2.05, 4.69) is 0 Å². The van der Waals surface area contributed by atoms with Gasteiger partial charge in [-0.25, -0.2) is 14.4 Å². The highest BCUT2D eigenvalue weighted by atomic mass is 16.6. The van der Waals surface area contributed by atoms with Crippen molar-refractivity contribution in [1.82, 2.24) is 4.57 Å². The van der Waals surface area contributed by atoms with Gasteiger partial charge >= 0.3 is 23.9 Å². The van der Waals surface area contributed by atoms with Crippen LogP contribution < -0.4 is 5.56 Å². The molecule has 1 saturated heterocycles. The van der Waals surface area contributed by atoms with Gasteiger partial charge in [0.05, 0.1) is 51.8 Å².